The second-order valence-electron chi connectivity index (χ2n) is 6.60. The molecule has 1 aromatic heterocycles. The van der Waals surface area contributed by atoms with E-state index >= 15 is 0 Å². The van der Waals surface area contributed by atoms with Gasteiger partial charge in [-0.2, -0.15) is 0 Å². The Balaban J connectivity index is 1.82. The fourth-order valence-electron chi connectivity index (χ4n) is 3.21. The van der Waals surface area contributed by atoms with Gasteiger partial charge in [-0.1, -0.05) is 12.1 Å². The van der Waals surface area contributed by atoms with Gasteiger partial charge in [0.05, 0.1) is 24.1 Å². The maximum absolute atomic E-state index is 12.5. The topological polar surface area (TPSA) is 131 Å². The maximum atomic E-state index is 12.5. The molecule has 2 N–H and O–H groups in total. The second kappa shape index (κ2) is 9.39. The largest absolute Gasteiger partial charge is 0.453 e. The van der Waals surface area contributed by atoms with Crippen LogP contribution in [0.1, 0.15) is 26.4 Å². The van der Waals surface area contributed by atoms with Gasteiger partial charge in [0.1, 0.15) is 5.00 Å². The van der Waals surface area contributed by atoms with Crippen molar-refractivity contribution in [2.24, 2.45) is 0 Å². The summed E-state index contributed by atoms with van der Waals surface area (Å²) in [5.74, 6) is -0.818. The summed E-state index contributed by atoms with van der Waals surface area (Å²) in [7, 11) is 2.81. The van der Waals surface area contributed by atoms with Crippen molar-refractivity contribution >= 4 is 46.0 Å². The molecule has 11 heteroatoms. The van der Waals surface area contributed by atoms with Crippen LogP contribution < -0.4 is 10.6 Å². The van der Waals surface area contributed by atoms with Gasteiger partial charge in [-0.3, -0.25) is 19.7 Å². The fraction of sp³-hybridized carbons (Fsp3) is 0.250. The first-order chi connectivity index (χ1) is 14.8. The van der Waals surface area contributed by atoms with Gasteiger partial charge in [-0.05, 0) is 23.6 Å². The first-order valence-corrected chi connectivity index (χ1v) is 10.1. The normalized spacial score (nSPS) is 12.9. The van der Waals surface area contributed by atoms with Gasteiger partial charge in [0.2, 0.25) is 5.91 Å². The highest BCUT2D eigenvalue weighted by molar-refractivity contribution is 7.17. The van der Waals surface area contributed by atoms with Crippen LogP contribution in [-0.4, -0.2) is 48.4 Å². The van der Waals surface area contributed by atoms with E-state index in [4.69, 9.17) is 4.74 Å². The minimum absolute atomic E-state index is 0.0782. The summed E-state index contributed by atoms with van der Waals surface area (Å²) < 4.78 is 4.76. The molecule has 0 radical (unpaired) electrons. The van der Waals surface area contributed by atoms with Crippen LogP contribution >= 0.6 is 11.3 Å². The summed E-state index contributed by atoms with van der Waals surface area (Å²) in [5.41, 5.74) is 1.59. The predicted octanol–water partition coefficient (Wildman–Crippen LogP) is 2.79. The number of carbonyl (C=O) groups excluding carboxylic acids is 3. The number of hydrogen-bond donors (Lipinski definition) is 2. The number of amides is 3. The third kappa shape index (κ3) is 4.89. The van der Waals surface area contributed by atoms with E-state index in [0.29, 0.717) is 29.1 Å². The third-order valence-corrected chi connectivity index (χ3v) is 5.82. The van der Waals surface area contributed by atoms with E-state index in [0.717, 1.165) is 10.4 Å². The molecule has 0 bridgehead atoms. The van der Waals surface area contributed by atoms with Crippen molar-refractivity contribution in [2.45, 2.75) is 13.0 Å². The van der Waals surface area contributed by atoms with Crippen molar-refractivity contribution in [3.05, 3.63) is 62.0 Å². The second-order valence-corrected chi connectivity index (χ2v) is 7.71. The van der Waals surface area contributed by atoms with E-state index < -0.39 is 16.9 Å². The molecule has 0 aliphatic carbocycles. The molecule has 31 heavy (non-hydrogen) atoms. The van der Waals surface area contributed by atoms with E-state index in [9.17, 15) is 24.5 Å². The number of rotatable bonds is 5. The molecule has 0 saturated carbocycles. The van der Waals surface area contributed by atoms with E-state index in [2.05, 4.69) is 10.6 Å². The van der Waals surface area contributed by atoms with Crippen molar-refractivity contribution in [3.63, 3.8) is 0 Å². The monoisotopic (exact) mass is 444 g/mol. The smallest absolute Gasteiger partial charge is 0.409 e. The number of anilines is 1. The number of nitrogens with one attached hydrogen (secondary N) is 2. The van der Waals surface area contributed by atoms with E-state index in [1.807, 2.05) is 0 Å². The SMILES string of the molecule is CNC(=O)c1c(NC(=O)/C=C/c2cccc([N+](=O)[O-])c2)sc2c1CCN(C(=O)OC)C2. The number of hydrogen-bond acceptors (Lipinski definition) is 7. The lowest BCUT2D eigenvalue weighted by molar-refractivity contribution is -0.384. The summed E-state index contributed by atoms with van der Waals surface area (Å²) in [4.78, 5) is 49.4. The van der Waals surface area contributed by atoms with Crippen molar-refractivity contribution < 1.29 is 24.0 Å². The van der Waals surface area contributed by atoms with Crippen LogP contribution in [0.25, 0.3) is 6.08 Å². The Morgan fingerprint density at radius 1 is 1.32 bits per heavy atom. The Bertz CT molecular complexity index is 1080. The number of nitro groups is 1. The summed E-state index contributed by atoms with van der Waals surface area (Å²) >= 11 is 1.23. The first kappa shape index (κ1) is 22.0. The van der Waals surface area contributed by atoms with Crippen molar-refractivity contribution in [2.75, 3.05) is 26.0 Å². The standard InChI is InChI=1S/C20H20N4O6S/c1-21-18(26)17-14-8-9-23(20(27)30-2)11-15(14)31-19(17)22-16(25)7-6-12-4-3-5-13(10-12)24(28)29/h3-7,10H,8-9,11H2,1-2H3,(H,21,26)(H,22,25)/b7-6+. The number of non-ortho nitro benzene ring substituents is 1. The Kier molecular flexibility index (Phi) is 6.65. The Morgan fingerprint density at radius 2 is 2.10 bits per heavy atom. The molecule has 1 aliphatic heterocycles. The molecule has 2 aromatic rings. The highest BCUT2D eigenvalue weighted by Crippen LogP contribution is 2.37. The number of benzene rings is 1. The van der Waals surface area contributed by atoms with Crippen LogP contribution in [0.15, 0.2) is 30.3 Å². The number of nitrogens with zero attached hydrogens (tertiary/aromatic N) is 2. The molecule has 1 aliphatic rings. The average Bonchev–Trinajstić information content (AvgIpc) is 3.13. The molecule has 0 saturated heterocycles. The summed E-state index contributed by atoms with van der Waals surface area (Å²) in [5, 5.41) is 16.5. The highest BCUT2D eigenvalue weighted by atomic mass is 32.1. The molecule has 2 heterocycles. The fourth-order valence-corrected chi connectivity index (χ4v) is 4.47. The minimum Gasteiger partial charge on any atom is -0.453 e. The maximum Gasteiger partial charge on any atom is 0.409 e. The number of nitro benzene ring substituents is 1. The molecular formula is C20H20N4O6S. The van der Waals surface area contributed by atoms with Crippen LogP contribution in [0.2, 0.25) is 0 Å². The van der Waals surface area contributed by atoms with E-state index in [-0.39, 0.29) is 18.1 Å². The lowest BCUT2D eigenvalue weighted by atomic mass is 10.0. The van der Waals surface area contributed by atoms with Gasteiger partial charge in [0, 0.05) is 36.7 Å². The third-order valence-electron chi connectivity index (χ3n) is 4.69. The zero-order valence-corrected chi connectivity index (χ0v) is 17.7. The quantitative estimate of drug-likeness (QED) is 0.414. The molecule has 0 spiro atoms. The van der Waals surface area contributed by atoms with Gasteiger partial charge in [0.25, 0.3) is 11.6 Å². The zero-order valence-electron chi connectivity index (χ0n) is 16.8. The van der Waals surface area contributed by atoms with Gasteiger partial charge in [-0.15, -0.1) is 11.3 Å². The van der Waals surface area contributed by atoms with Crippen LogP contribution in [0.3, 0.4) is 0 Å². The molecule has 0 unspecified atom stereocenters. The summed E-state index contributed by atoms with van der Waals surface area (Å²) in [6.45, 7) is 0.691. The van der Waals surface area contributed by atoms with Crippen molar-refractivity contribution in [1.82, 2.24) is 10.2 Å². The van der Waals surface area contributed by atoms with Gasteiger partial charge < -0.3 is 20.3 Å². The van der Waals surface area contributed by atoms with Gasteiger partial charge >= 0.3 is 6.09 Å². The lowest BCUT2D eigenvalue weighted by Crippen LogP contribution is -2.35. The minimum atomic E-state index is -0.513. The van der Waals surface area contributed by atoms with Crippen LogP contribution in [-0.2, 0) is 22.5 Å². The first-order valence-electron chi connectivity index (χ1n) is 9.27. The molecule has 3 amide bonds. The predicted molar refractivity (Wildman–Crippen MR) is 115 cm³/mol. The summed E-state index contributed by atoms with van der Waals surface area (Å²) in [6.07, 6.45) is 2.70. The molecule has 10 nitrogen and oxygen atoms in total. The van der Waals surface area contributed by atoms with Crippen LogP contribution in [0.5, 0.6) is 0 Å². The summed E-state index contributed by atoms with van der Waals surface area (Å²) in [6, 6.07) is 5.88. The number of carbonyl (C=O) groups is 3. The number of fused-ring (bicyclic) bond motifs is 1. The highest BCUT2D eigenvalue weighted by Gasteiger charge is 2.30. The Morgan fingerprint density at radius 3 is 2.77 bits per heavy atom. The number of methoxy groups -OCH3 is 1. The van der Waals surface area contributed by atoms with Crippen LogP contribution in [0.4, 0.5) is 15.5 Å². The average molecular weight is 444 g/mol. The van der Waals surface area contributed by atoms with E-state index in [1.54, 1.807) is 6.07 Å². The molecular weight excluding hydrogens is 424 g/mol. The number of ether oxygens (including phenoxy) is 1. The molecule has 3 rings (SSSR count). The van der Waals surface area contributed by atoms with Crippen LogP contribution in [0, 0.1) is 10.1 Å². The zero-order chi connectivity index (χ0) is 22.5. The van der Waals surface area contributed by atoms with Gasteiger partial charge in [-0.25, -0.2) is 4.79 Å². The molecule has 0 fully saturated rings. The molecule has 0 atom stereocenters. The number of thiophene rings is 1. The Labute approximate surface area is 181 Å². The van der Waals surface area contributed by atoms with E-state index in [1.165, 1.54) is 60.7 Å². The van der Waals surface area contributed by atoms with Crippen molar-refractivity contribution in [3.8, 4) is 0 Å². The molecule has 1 aromatic carbocycles. The van der Waals surface area contributed by atoms with Crippen molar-refractivity contribution in [1.29, 1.82) is 0 Å². The van der Waals surface area contributed by atoms with Gasteiger partial charge in [0.15, 0.2) is 0 Å². The lowest BCUT2D eigenvalue weighted by Gasteiger charge is -2.25. The Hall–Kier alpha value is -3.73. The molecule has 162 valence electrons.